The summed E-state index contributed by atoms with van der Waals surface area (Å²) in [7, 11) is 0. The Morgan fingerprint density at radius 1 is 0.860 bits per heavy atom. The van der Waals surface area contributed by atoms with Crippen LogP contribution in [0.5, 0.6) is 0 Å². The zero-order valence-corrected chi connectivity index (χ0v) is 23.2. The highest BCUT2D eigenvalue weighted by Gasteiger charge is 2.31. The number of amides is 4. The van der Waals surface area contributed by atoms with Gasteiger partial charge in [-0.1, -0.05) is 18.2 Å². The molecular formula is C26H37N9O8. The minimum absolute atomic E-state index is 0.0389. The molecule has 2 rings (SSSR count). The fraction of sp³-hybridized carbons (Fsp3) is 0.423. The van der Waals surface area contributed by atoms with Gasteiger partial charge < -0.3 is 54.1 Å². The fourth-order valence-electron chi connectivity index (χ4n) is 4.15. The number of carboxylic acids is 2. The van der Waals surface area contributed by atoms with Crippen molar-refractivity contribution in [3.8, 4) is 0 Å². The molecule has 4 atom stereocenters. The summed E-state index contributed by atoms with van der Waals surface area (Å²) in [4.78, 5) is 80.2. The predicted octanol–water partition coefficient (Wildman–Crippen LogP) is -2.63. The molecule has 0 fully saturated rings. The van der Waals surface area contributed by atoms with E-state index in [4.69, 9.17) is 28.0 Å². The third-order valence-corrected chi connectivity index (χ3v) is 6.34. The number of carbonyl (C=O) groups excluding carboxylic acids is 4. The molecule has 0 saturated heterocycles. The zero-order chi connectivity index (χ0) is 32.1. The highest BCUT2D eigenvalue weighted by molar-refractivity contribution is 5.95. The van der Waals surface area contributed by atoms with E-state index in [9.17, 15) is 33.9 Å². The number of hydrogen-bond acceptors (Lipinski definition) is 8. The molecular weight excluding hydrogens is 566 g/mol. The molecule has 0 saturated carbocycles. The van der Waals surface area contributed by atoms with Crippen molar-refractivity contribution < 1.29 is 39.0 Å². The first-order chi connectivity index (χ1) is 20.3. The quantitative estimate of drug-likeness (QED) is 0.0477. The number of aromatic nitrogens is 1. The normalized spacial score (nSPS) is 13.6. The summed E-state index contributed by atoms with van der Waals surface area (Å²) < 4.78 is 0. The lowest BCUT2D eigenvalue weighted by Gasteiger charge is -2.25. The lowest BCUT2D eigenvalue weighted by Crippen LogP contribution is -2.57. The molecule has 43 heavy (non-hydrogen) atoms. The Kier molecular flexibility index (Phi) is 12.9. The second kappa shape index (κ2) is 16.3. The summed E-state index contributed by atoms with van der Waals surface area (Å²) in [5.74, 6) is -6.31. The average molecular weight is 604 g/mol. The van der Waals surface area contributed by atoms with Crippen LogP contribution in [-0.2, 0) is 35.2 Å². The molecule has 0 radical (unpaired) electrons. The maximum Gasteiger partial charge on any atom is 0.326 e. The Hall–Kier alpha value is -5.19. The predicted molar refractivity (Wildman–Crippen MR) is 154 cm³/mol. The molecule has 0 aliphatic rings. The lowest BCUT2D eigenvalue weighted by atomic mass is 10.0. The summed E-state index contributed by atoms with van der Waals surface area (Å²) in [6.07, 6.45) is 0.440. The van der Waals surface area contributed by atoms with Crippen molar-refractivity contribution in [2.75, 3.05) is 6.54 Å². The van der Waals surface area contributed by atoms with Gasteiger partial charge >= 0.3 is 11.9 Å². The molecule has 0 bridgehead atoms. The highest BCUT2D eigenvalue weighted by Crippen LogP contribution is 2.19. The summed E-state index contributed by atoms with van der Waals surface area (Å²) >= 11 is 0. The fourth-order valence-corrected chi connectivity index (χ4v) is 4.15. The van der Waals surface area contributed by atoms with Crippen molar-refractivity contribution in [3.05, 3.63) is 36.0 Å². The minimum atomic E-state index is -1.48. The Labute approximate surface area is 245 Å². The van der Waals surface area contributed by atoms with Gasteiger partial charge in [-0.3, -0.25) is 29.0 Å². The molecule has 234 valence electrons. The van der Waals surface area contributed by atoms with Crippen LogP contribution in [0.2, 0.25) is 0 Å². The second-order valence-corrected chi connectivity index (χ2v) is 9.74. The van der Waals surface area contributed by atoms with Gasteiger partial charge in [0.15, 0.2) is 5.96 Å². The van der Waals surface area contributed by atoms with Gasteiger partial charge in [-0.05, 0) is 30.9 Å². The number of hydrogen-bond donors (Lipinski definition) is 10. The molecule has 0 aliphatic carbocycles. The van der Waals surface area contributed by atoms with E-state index in [0.29, 0.717) is 5.56 Å². The van der Waals surface area contributed by atoms with Gasteiger partial charge in [0, 0.05) is 36.5 Å². The van der Waals surface area contributed by atoms with Gasteiger partial charge in [0.1, 0.15) is 18.1 Å². The van der Waals surface area contributed by atoms with Crippen molar-refractivity contribution in [3.63, 3.8) is 0 Å². The van der Waals surface area contributed by atoms with Gasteiger partial charge in [-0.15, -0.1) is 0 Å². The molecule has 0 spiro atoms. The Morgan fingerprint density at radius 3 is 2.12 bits per heavy atom. The van der Waals surface area contributed by atoms with Crippen molar-refractivity contribution in [2.24, 2.45) is 27.9 Å². The molecule has 1 heterocycles. The maximum atomic E-state index is 13.6. The standard InChI is InChI=1S/C26H37N9O8/c27-15(11-21(37)38)22(39)35-19(10-13-12-32-16-5-2-1-4-14(13)16)24(41)33-17(6-3-9-31-26(29)30)23(40)34-18(25(42)43)7-8-20(28)36/h1-2,4-5,12,15,17-19,32H,3,6-11,27H2,(H2,28,36)(H,33,41)(H,34,40)(H,35,39)(H,37,38)(H,42,43)(H4,29,30,31). The van der Waals surface area contributed by atoms with Crippen LogP contribution in [-0.4, -0.2) is 87.4 Å². The first kappa shape index (κ1) is 34.0. The van der Waals surface area contributed by atoms with Crippen molar-refractivity contribution in [2.45, 2.75) is 62.7 Å². The van der Waals surface area contributed by atoms with E-state index in [1.54, 1.807) is 24.4 Å². The van der Waals surface area contributed by atoms with Crippen LogP contribution in [0.1, 0.15) is 37.7 Å². The molecule has 0 aliphatic heterocycles. The number of carbonyl (C=O) groups is 6. The minimum Gasteiger partial charge on any atom is -0.481 e. The first-order valence-corrected chi connectivity index (χ1v) is 13.3. The van der Waals surface area contributed by atoms with E-state index in [0.717, 1.165) is 10.9 Å². The third-order valence-electron chi connectivity index (χ3n) is 6.34. The number of aliphatic imine (C=N–C) groups is 1. The molecule has 1 aromatic carbocycles. The zero-order valence-electron chi connectivity index (χ0n) is 23.2. The average Bonchev–Trinajstić information content (AvgIpc) is 3.33. The van der Waals surface area contributed by atoms with Gasteiger partial charge in [-0.25, -0.2) is 4.79 Å². The third kappa shape index (κ3) is 11.3. The Balaban J connectivity index is 2.33. The molecule has 14 N–H and O–H groups in total. The summed E-state index contributed by atoms with van der Waals surface area (Å²) in [6.45, 7) is 0.0889. The second-order valence-electron chi connectivity index (χ2n) is 9.74. The van der Waals surface area contributed by atoms with Crippen molar-refractivity contribution in [1.29, 1.82) is 0 Å². The van der Waals surface area contributed by atoms with Crippen LogP contribution in [0, 0.1) is 0 Å². The van der Waals surface area contributed by atoms with Gasteiger partial charge in [0.2, 0.25) is 23.6 Å². The first-order valence-electron chi connectivity index (χ1n) is 13.3. The molecule has 17 nitrogen and oxygen atoms in total. The van der Waals surface area contributed by atoms with Gasteiger partial charge in [-0.2, -0.15) is 0 Å². The number of H-pyrrole nitrogens is 1. The van der Waals surface area contributed by atoms with Crippen LogP contribution in [0.25, 0.3) is 10.9 Å². The monoisotopic (exact) mass is 603 g/mol. The van der Waals surface area contributed by atoms with Crippen LogP contribution in [0.4, 0.5) is 0 Å². The molecule has 4 amide bonds. The SMILES string of the molecule is NC(=O)CCC(NC(=O)C(CCCN=C(N)N)NC(=O)C(Cc1c[nH]c2ccccc12)NC(=O)C(N)CC(=O)O)C(=O)O. The number of primary amides is 1. The van der Waals surface area contributed by atoms with E-state index in [1.165, 1.54) is 0 Å². The van der Waals surface area contributed by atoms with Crippen LogP contribution in [0.15, 0.2) is 35.5 Å². The number of benzene rings is 1. The number of carboxylic acid groups (broad SMARTS) is 2. The smallest absolute Gasteiger partial charge is 0.326 e. The largest absolute Gasteiger partial charge is 0.481 e. The Morgan fingerprint density at radius 2 is 1.49 bits per heavy atom. The number of aliphatic carboxylic acids is 2. The van der Waals surface area contributed by atoms with E-state index in [-0.39, 0.29) is 44.6 Å². The van der Waals surface area contributed by atoms with Crippen molar-refractivity contribution >= 4 is 52.4 Å². The van der Waals surface area contributed by atoms with Crippen LogP contribution < -0.4 is 38.9 Å². The number of aromatic amines is 1. The number of rotatable bonds is 18. The van der Waals surface area contributed by atoms with E-state index in [1.807, 2.05) is 6.07 Å². The lowest BCUT2D eigenvalue weighted by molar-refractivity contribution is -0.142. The van der Waals surface area contributed by atoms with E-state index in [2.05, 4.69) is 25.9 Å². The topological polar surface area (TPSA) is 311 Å². The highest BCUT2D eigenvalue weighted by atomic mass is 16.4. The number of guanidine groups is 1. The van der Waals surface area contributed by atoms with E-state index < -0.39 is 66.2 Å². The van der Waals surface area contributed by atoms with Crippen LogP contribution >= 0.6 is 0 Å². The number of para-hydroxylation sites is 1. The van der Waals surface area contributed by atoms with Crippen LogP contribution in [0.3, 0.4) is 0 Å². The molecule has 4 unspecified atom stereocenters. The summed E-state index contributed by atoms with van der Waals surface area (Å²) in [6, 6.07) is 1.62. The van der Waals surface area contributed by atoms with Crippen molar-refractivity contribution in [1.82, 2.24) is 20.9 Å². The molecule has 1 aromatic heterocycles. The Bertz CT molecular complexity index is 1360. The molecule has 2 aromatic rings. The number of nitrogens with zero attached hydrogens (tertiary/aromatic N) is 1. The number of nitrogens with one attached hydrogen (secondary N) is 4. The number of fused-ring (bicyclic) bond motifs is 1. The maximum absolute atomic E-state index is 13.6. The van der Waals surface area contributed by atoms with Gasteiger partial charge in [0.25, 0.3) is 0 Å². The molecule has 17 heteroatoms. The number of nitrogens with two attached hydrogens (primary N) is 4. The summed E-state index contributed by atoms with van der Waals surface area (Å²) in [5, 5.41) is 26.6. The summed E-state index contributed by atoms with van der Waals surface area (Å²) in [5.41, 5.74) is 22.9. The van der Waals surface area contributed by atoms with E-state index >= 15 is 0 Å². The van der Waals surface area contributed by atoms with Gasteiger partial charge in [0.05, 0.1) is 12.5 Å².